The molecule has 3 N–H and O–H groups in total. The number of allylic oxidation sites excluding steroid dienone is 2. The zero-order chi connectivity index (χ0) is 27.1. The van der Waals surface area contributed by atoms with Crippen molar-refractivity contribution in [3.63, 3.8) is 0 Å². The number of amides is 2. The second-order valence-corrected chi connectivity index (χ2v) is 9.21. The van der Waals surface area contributed by atoms with Crippen LogP contribution < -0.4 is 20.7 Å². The average molecular weight is 533 g/mol. The van der Waals surface area contributed by atoms with Crippen LogP contribution >= 0.6 is 11.8 Å². The van der Waals surface area contributed by atoms with Crippen LogP contribution in [-0.4, -0.2) is 24.2 Å². The molecule has 4 rings (SSSR count). The second-order valence-electron chi connectivity index (χ2n) is 8.22. The van der Waals surface area contributed by atoms with Crippen LogP contribution in [0.5, 0.6) is 5.75 Å². The van der Waals surface area contributed by atoms with Crippen molar-refractivity contribution in [1.29, 1.82) is 5.26 Å². The highest BCUT2D eigenvalue weighted by atomic mass is 32.2. The van der Waals surface area contributed by atoms with E-state index in [4.69, 9.17) is 9.15 Å². The molecule has 0 radical (unpaired) electrons. The van der Waals surface area contributed by atoms with Crippen LogP contribution in [0.3, 0.4) is 0 Å². The summed E-state index contributed by atoms with van der Waals surface area (Å²) in [7, 11) is 0. The molecule has 0 saturated carbocycles. The summed E-state index contributed by atoms with van der Waals surface area (Å²) >= 11 is 1.13. The lowest BCUT2D eigenvalue weighted by Gasteiger charge is -2.28. The van der Waals surface area contributed by atoms with Crippen LogP contribution in [0.4, 0.5) is 15.8 Å². The number of hydrogen-bond acceptors (Lipinski definition) is 7. The van der Waals surface area contributed by atoms with Crippen LogP contribution in [0.1, 0.15) is 25.5 Å². The molecule has 1 aliphatic rings. The Morgan fingerprint density at radius 1 is 1.11 bits per heavy atom. The van der Waals surface area contributed by atoms with Crippen molar-refractivity contribution in [2.24, 2.45) is 0 Å². The zero-order valence-corrected chi connectivity index (χ0v) is 21.5. The highest BCUT2D eigenvalue weighted by Gasteiger charge is 2.36. The highest BCUT2D eigenvalue weighted by molar-refractivity contribution is 8.03. The Hall–Kier alpha value is -4.49. The number of nitrogens with one attached hydrogen (secondary N) is 3. The summed E-state index contributed by atoms with van der Waals surface area (Å²) in [6.07, 6.45) is 1.48. The molecule has 1 aromatic heterocycles. The number of nitrogens with zero attached hydrogens (tertiary/aromatic N) is 1. The number of thioether (sulfide) groups is 1. The molecule has 38 heavy (non-hydrogen) atoms. The molecular formula is C28H25FN4O4S. The van der Waals surface area contributed by atoms with E-state index in [0.29, 0.717) is 45.8 Å². The predicted octanol–water partition coefficient (Wildman–Crippen LogP) is 5.52. The van der Waals surface area contributed by atoms with E-state index in [2.05, 4.69) is 22.0 Å². The standard InChI is InChI=1S/C28H25FN4O4S/c1-3-36-21-12-10-20(11-13-21)33-27(35)25-17(2)31-28(22(15-30)26(25)23-5-4-14-37-23)38-16-24(34)32-19-8-6-18(29)7-9-19/h4-14,26,31H,3,16H2,1-2H3,(H,32,34)(H,33,35). The van der Waals surface area contributed by atoms with Crippen LogP contribution in [-0.2, 0) is 9.59 Å². The largest absolute Gasteiger partial charge is 0.494 e. The van der Waals surface area contributed by atoms with Crippen molar-refractivity contribution >= 4 is 35.0 Å². The van der Waals surface area contributed by atoms with Gasteiger partial charge in [-0.05, 0) is 74.5 Å². The number of halogens is 1. The maximum Gasteiger partial charge on any atom is 0.254 e. The summed E-state index contributed by atoms with van der Waals surface area (Å²) in [5.41, 5.74) is 2.13. The summed E-state index contributed by atoms with van der Waals surface area (Å²) in [5.74, 6) is -0.809. The van der Waals surface area contributed by atoms with E-state index >= 15 is 0 Å². The van der Waals surface area contributed by atoms with Gasteiger partial charge in [0.15, 0.2) is 0 Å². The molecule has 0 spiro atoms. The Morgan fingerprint density at radius 3 is 2.42 bits per heavy atom. The van der Waals surface area contributed by atoms with Gasteiger partial charge in [-0.25, -0.2) is 4.39 Å². The van der Waals surface area contributed by atoms with Gasteiger partial charge in [0, 0.05) is 17.1 Å². The lowest BCUT2D eigenvalue weighted by molar-refractivity contribution is -0.114. The normalized spacial score (nSPS) is 14.9. The van der Waals surface area contributed by atoms with Crippen LogP contribution in [0.15, 0.2) is 93.2 Å². The molecule has 1 atom stereocenters. The van der Waals surface area contributed by atoms with Crippen molar-refractivity contribution in [2.45, 2.75) is 19.8 Å². The van der Waals surface area contributed by atoms with E-state index in [1.165, 1.54) is 30.5 Å². The number of anilines is 2. The van der Waals surface area contributed by atoms with Crippen LogP contribution in [0.2, 0.25) is 0 Å². The van der Waals surface area contributed by atoms with Gasteiger partial charge in [0.2, 0.25) is 5.91 Å². The Morgan fingerprint density at radius 2 is 1.79 bits per heavy atom. The number of carbonyl (C=O) groups is 2. The monoisotopic (exact) mass is 532 g/mol. The third-order valence-corrected chi connectivity index (χ3v) is 6.64. The van der Waals surface area contributed by atoms with E-state index in [-0.39, 0.29) is 17.2 Å². The van der Waals surface area contributed by atoms with E-state index in [1.807, 2.05) is 6.92 Å². The van der Waals surface area contributed by atoms with Gasteiger partial charge in [-0.3, -0.25) is 9.59 Å². The number of furan rings is 1. The molecule has 0 aliphatic carbocycles. The van der Waals surface area contributed by atoms with Crippen molar-refractivity contribution in [3.8, 4) is 11.8 Å². The SMILES string of the molecule is CCOc1ccc(NC(=O)C2=C(C)NC(SCC(=O)Nc3ccc(F)cc3)=C(C#N)C2c2ccco2)cc1. The minimum Gasteiger partial charge on any atom is -0.494 e. The Labute approximate surface area is 223 Å². The first-order valence-electron chi connectivity index (χ1n) is 11.8. The van der Waals surface area contributed by atoms with Gasteiger partial charge in [0.25, 0.3) is 5.91 Å². The summed E-state index contributed by atoms with van der Waals surface area (Å²) in [6, 6.07) is 18.0. The van der Waals surface area contributed by atoms with Crippen molar-refractivity contribution in [2.75, 3.05) is 23.0 Å². The second kappa shape index (κ2) is 12.2. The van der Waals surface area contributed by atoms with Gasteiger partial charge < -0.3 is 25.1 Å². The number of ether oxygens (including phenoxy) is 1. The number of carbonyl (C=O) groups excluding carboxylic acids is 2. The molecule has 1 aliphatic heterocycles. The first-order valence-corrected chi connectivity index (χ1v) is 12.8. The maximum absolute atomic E-state index is 13.4. The molecule has 2 heterocycles. The Kier molecular flexibility index (Phi) is 8.51. The fraction of sp³-hybridized carbons (Fsp3) is 0.179. The van der Waals surface area contributed by atoms with E-state index in [0.717, 1.165) is 11.8 Å². The minimum absolute atomic E-state index is 0.0171. The molecule has 1 unspecified atom stereocenters. The highest BCUT2D eigenvalue weighted by Crippen LogP contribution is 2.41. The van der Waals surface area contributed by atoms with Crippen molar-refractivity contribution < 1.29 is 23.1 Å². The van der Waals surface area contributed by atoms with Gasteiger partial charge >= 0.3 is 0 Å². The van der Waals surface area contributed by atoms with Crippen molar-refractivity contribution in [1.82, 2.24) is 5.32 Å². The number of nitriles is 1. The first kappa shape index (κ1) is 26.6. The molecular weight excluding hydrogens is 507 g/mol. The van der Waals surface area contributed by atoms with E-state index < -0.39 is 17.6 Å². The summed E-state index contributed by atoms with van der Waals surface area (Å²) < 4.78 is 24.2. The Bertz CT molecular complexity index is 1410. The molecule has 10 heteroatoms. The third-order valence-electron chi connectivity index (χ3n) is 5.62. The lowest BCUT2D eigenvalue weighted by atomic mass is 9.85. The van der Waals surface area contributed by atoms with Crippen molar-refractivity contribution in [3.05, 3.63) is 100 Å². The molecule has 2 amide bonds. The van der Waals surface area contributed by atoms with Gasteiger partial charge in [0.1, 0.15) is 17.3 Å². The lowest BCUT2D eigenvalue weighted by Crippen LogP contribution is -2.31. The van der Waals surface area contributed by atoms with Gasteiger partial charge in [0.05, 0.1) is 46.8 Å². The Balaban J connectivity index is 1.55. The topological polar surface area (TPSA) is 116 Å². The van der Waals surface area contributed by atoms with Gasteiger partial charge in [-0.2, -0.15) is 5.26 Å². The zero-order valence-electron chi connectivity index (χ0n) is 20.7. The van der Waals surface area contributed by atoms with Crippen LogP contribution in [0.25, 0.3) is 0 Å². The molecule has 194 valence electrons. The summed E-state index contributed by atoms with van der Waals surface area (Å²) in [6.45, 7) is 4.16. The molecule has 8 nitrogen and oxygen atoms in total. The smallest absolute Gasteiger partial charge is 0.254 e. The van der Waals surface area contributed by atoms with E-state index in [1.54, 1.807) is 43.3 Å². The van der Waals surface area contributed by atoms with E-state index in [9.17, 15) is 19.2 Å². The predicted molar refractivity (Wildman–Crippen MR) is 144 cm³/mol. The average Bonchev–Trinajstić information content (AvgIpc) is 3.44. The maximum atomic E-state index is 13.4. The number of benzene rings is 2. The molecule has 2 aromatic carbocycles. The molecule has 0 bridgehead atoms. The summed E-state index contributed by atoms with van der Waals surface area (Å²) in [4.78, 5) is 25.9. The number of hydrogen-bond donors (Lipinski definition) is 3. The number of rotatable bonds is 9. The first-order chi connectivity index (χ1) is 18.4. The van der Waals surface area contributed by atoms with Gasteiger partial charge in [-0.1, -0.05) is 11.8 Å². The molecule has 0 fully saturated rings. The summed E-state index contributed by atoms with van der Waals surface area (Å²) in [5, 5.41) is 19.3. The fourth-order valence-corrected chi connectivity index (χ4v) is 4.83. The number of dihydropyridines is 1. The third kappa shape index (κ3) is 6.25. The van der Waals surface area contributed by atoms with Crippen LogP contribution in [0, 0.1) is 17.1 Å². The van der Waals surface area contributed by atoms with Gasteiger partial charge in [-0.15, -0.1) is 0 Å². The quantitative estimate of drug-likeness (QED) is 0.332. The fourth-order valence-electron chi connectivity index (χ4n) is 3.94. The molecule has 0 saturated heterocycles. The molecule has 3 aromatic rings. The minimum atomic E-state index is -0.776.